The summed E-state index contributed by atoms with van der Waals surface area (Å²) in [5.41, 5.74) is 1.82. The molecule has 1 aliphatic rings. The summed E-state index contributed by atoms with van der Waals surface area (Å²) < 4.78 is 18.0. The molecular weight excluding hydrogens is 181 g/mol. The first-order valence-electron chi connectivity index (χ1n) is 4.82. The van der Waals surface area contributed by atoms with Crippen LogP contribution < -0.4 is 5.32 Å². The summed E-state index contributed by atoms with van der Waals surface area (Å²) in [4.78, 5) is 0. The lowest BCUT2D eigenvalue weighted by molar-refractivity contribution is -0.00578. The first-order chi connectivity index (χ1) is 6.75. The smallest absolute Gasteiger partial charge is 0.126 e. The van der Waals surface area contributed by atoms with E-state index in [-0.39, 0.29) is 5.82 Å². The molecule has 3 heteroatoms. The van der Waals surface area contributed by atoms with E-state index >= 15 is 0 Å². The van der Waals surface area contributed by atoms with E-state index in [4.69, 9.17) is 4.74 Å². The van der Waals surface area contributed by atoms with Crippen molar-refractivity contribution in [3.63, 3.8) is 0 Å². The Labute approximate surface area is 83.1 Å². The second-order valence-electron chi connectivity index (χ2n) is 3.70. The van der Waals surface area contributed by atoms with Crippen LogP contribution in [-0.4, -0.2) is 19.3 Å². The van der Waals surface area contributed by atoms with Gasteiger partial charge in [0.1, 0.15) is 5.82 Å². The number of aryl methyl sites for hydroxylation is 1. The molecule has 0 unspecified atom stereocenters. The number of hydrogen-bond acceptors (Lipinski definition) is 2. The summed E-state index contributed by atoms with van der Waals surface area (Å²) in [6.07, 6.45) is 0. The van der Waals surface area contributed by atoms with Gasteiger partial charge in [0.25, 0.3) is 0 Å². The van der Waals surface area contributed by atoms with Crippen molar-refractivity contribution < 1.29 is 9.13 Å². The standard InChI is InChI=1S/C11H14FNO/c1-8-4-9(2-3-11(8)12)5-13-10-6-14-7-10/h2-4,10,13H,5-7H2,1H3. The molecule has 1 saturated heterocycles. The van der Waals surface area contributed by atoms with Crippen molar-refractivity contribution in [2.24, 2.45) is 0 Å². The van der Waals surface area contributed by atoms with Crippen LogP contribution in [0.15, 0.2) is 18.2 Å². The third-order valence-electron chi connectivity index (χ3n) is 2.46. The van der Waals surface area contributed by atoms with Crippen LogP contribution >= 0.6 is 0 Å². The van der Waals surface area contributed by atoms with Crippen LogP contribution in [0.5, 0.6) is 0 Å². The molecule has 1 aliphatic heterocycles. The Bertz CT molecular complexity index is 323. The number of halogens is 1. The Morgan fingerprint density at radius 1 is 1.50 bits per heavy atom. The first kappa shape index (κ1) is 9.62. The number of hydrogen-bond donors (Lipinski definition) is 1. The monoisotopic (exact) mass is 195 g/mol. The molecule has 14 heavy (non-hydrogen) atoms. The predicted octanol–water partition coefficient (Wildman–Crippen LogP) is 1.62. The zero-order valence-corrected chi connectivity index (χ0v) is 8.22. The van der Waals surface area contributed by atoms with Gasteiger partial charge >= 0.3 is 0 Å². The van der Waals surface area contributed by atoms with Crippen LogP contribution in [0, 0.1) is 12.7 Å². The van der Waals surface area contributed by atoms with Crippen molar-refractivity contribution in [1.29, 1.82) is 0 Å². The number of ether oxygens (including phenoxy) is 1. The van der Waals surface area contributed by atoms with Crippen LogP contribution in [0.1, 0.15) is 11.1 Å². The molecule has 0 aliphatic carbocycles. The van der Waals surface area contributed by atoms with E-state index in [0.29, 0.717) is 11.6 Å². The lowest BCUT2D eigenvalue weighted by Gasteiger charge is -2.27. The van der Waals surface area contributed by atoms with E-state index < -0.39 is 0 Å². The molecule has 0 radical (unpaired) electrons. The van der Waals surface area contributed by atoms with Gasteiger partial charge in [0.05, 0.1) is 19.3 Å². The lowest BCUT2D eigenvalue weighted by Crippen LogP contribution is -2.45. The molecule has 76 valence electrons. The topological polar surface area (TPSA) is 21.3 Å². The highest BCUT2D eigenvalue weighted by Gasteiger charge is 2.16. The highest BCUT2D eigenvalue weighted by atomic mass is 19.1. The molecular formula is C11H14FNO. The Kier molecular flexibility index (Phi) is 2.79. The Morgan fingerprint density at radius 2 is 2.29 bits per heavy atom. The number of benzene rings is 1. The van der Waals surface area contributed by atoms with Gasteiger partial charge in [-0.3, -0.25) is 0 Å². The van der Waals surface area contributed by atoms with Crippen molar-refractivity contribution in [2.45, 2.75) is 19.5 Å². The molecule has 0 saturated carbocycles. The van der Waals surface area contributed by atoms with Crippen molar-refractivity contribution in [3.8, 4) is 0 Å². The van der Waals surface area contributed by atoms with E-state index in [9.17, 15) is 4.39 Å². The maximum Gasteiger partial charge on any atom is 0.126 e. The number of nitrogens with one attached hydrogen (secondary N) is 1. The summed E-state index contributed by atoms with van der Waals surface area (Å²) in [7, 11) is 0. The summed E-state index contributed by atoms with van der Waals surface area (Å²) in [5.74, 6) is -0.138. The van der Waals surface area contributed by atoms with Crippen molar-refractivity contribution in [2.75, 3.05) is 13.2 Å². The van der Waals surface area contributed by atoms with Crippen LogP contribution in [0.25, 0.3) is 0 Å². The van der Waals surface area contributed by atoms with Gasteiger partial charge in [-0.15, -0.1) is 0 Å². The van der Waals surface area contributed by atoms with Gasteiger partial charge in [0.15, 0.2) is 0 Å². The van der Waals surface area contributed by atoms with Crippen molar-refractivity contribution in [1.82, 2.24) is 5.32 Å². The first-order valence-corrected chi connectivity index (χ1v) is 4.82. The average Bonchev–Trinajstić information content (AvgIpc) is 2.08. The molecule has 1 aromatic carbocycles. The van der Waals surface area contributed by atoms with Crippen molar-refractivity contribution >= 4 is 0 Å². The molecule has 1 fully saturated rings. The van der Waals surface area contributed by atoms with Gasteiger partial charge in [0, 0.05) is 6.54 Å². The Balaban J connectivity index is 1.91. The van der Waals surface area contributed by atoms with Crippen molar-refractivity contribution in [3.05, 3.63) is 35.1 Å². The van der Waals surface area contributed by atoms with Gasteiger partial charge < -0.3 is 10.1 Å². The van der Waals surface area contributed by atoms with Gasteiger partial charge in [0.2, 0.25) is 0 Å². The molecule has 0 amide bonds. The molecule has 0 aromatic heterocycles. The SMILES string of the molecule is Cc1cc(CNC2COC2)ccc1F. The average molecular weight is 195 g/mol. The molecule has 1 N–H and O–H groups in total. The van der Waals surface area contributed by atoms with Crippen LogP contribution in [0.3, 0.4) is 0 Å². The fourth-order valence-electron chi connectivity index (χ4n) is 1.43. The van der Waals surface area contributed by atoms with E-state index in [1.807, 2.05) is 12.1 Å². The molecule has 2 rings (SSSR count). The largest absolute Gasteiger partial charge is 0.378 e. The van der Waals surface area contributed by atoms with E-state index in [0.717, 1.165) is 25.3 Å². The highest BCUT2D eigenvalue weighted by Crippen LogP contribution is 2.10. The summed E-state index contributed by atoms with van der Waals surface area (Å²) in [6.45, 7) is 4.15. The fourth-order valence-corrected chi connectivity index (χ4v) is 1.43. The Hall–Kier alpha value is -0.930. The molecule has 0 spiro atoms. The van der Waals surface area contributed by atoms with Crippen LogP contribution in [0.2, 0.25) is 0 Å². The quantitative estimate of drug-likeness (QED) is 0.791. The minimum absolute atomic E-state index is 0.138. The third kappa shape index (κ3) is 2.11. The normalized spacial score (nSPS) is 16.7. The highest BCUT2D eigenvalue weighted by molar-refractivity contribution is 5.23. The molecule has 1 heterocycles. The van der Waals surface area contributed by atoms with Gasteiger partial charge in [-0.05, 0) is 24.1 Å². The van der Waals surface area contributed by atoms with E-state index in [1.165, 1.54) is 6.07 Å². The fraction of sp³-hybridized carbons (Fsp3) is 0.455. The summed E-state index contributed by atoms with van der Waals surface area (Å²) in [6, 6.07) is 5.68. The Morgan fingerprint density at radius 3 is 2.86 bits per heavy atom. The maximum atomic E-state index is 12.9. The molecule has 2 nitrogen and oxygen atoms in total. The summed E-state index contributed by atoms with van der Waals surface area (Å²) >= 11 is 0. The minimum atomic E-state index is -0.138. The second kappa shape index (κ2) is 4.07. The third-order valence-corrected chi connectivity index (χ3v) is 2.46. The predicted molar refractivity (Wildman–Crippen MR) is 52.6 cm³/mol. The van der Waals surface area contributed by atoms with E-state index in [2.05, 4.69) is 5.32 Å². The summed E-state index contributed by atoms with van der Waals surface area (Å²) in [5, 5.41) is 3.33. The van der Waals surface area contributed by atoms with Gasteiger partial charge in [-0.25, -0.2) is 4.39 Å². The van der Waals surface area contributed by atoms with Gasteiger partial charge in [-0.2, -0.15) is 0 Å². The zero-order chi connectivity index (χ0) is 9.97. The molecule has 1 aromatic rings. The van der Waals surface area contributed by atoms with E-state index in [1.54, 1.807) is 6.92 Å². The maximum absolute atomic E-state index is 12.9. The molecule has 0 atom stereocenters. The number of rotatable bonds is 3. The lowest BCUT2D eigenvalue weighted by atomic mass is 10.1. The van der Waals surface area contributed by atoms with Gasteiger partial charge in [-0.1, -0.05) is 12.1 Å². The van der Waals surface area contributed by atoms with Crippen LogP contribution in [-0.2, 0) is 11.3 Å². The second-order valence-corrected chi connectivity index (χ2v) is 3.70. The van der Waals surface area contributed by atoms with Crippen LogP contribution in [0.4, 0.5) is 4.39 Å². The minimum Gasteiger partial charge on any atom is -0.378 e. The zero-order valence-electron chi connectivity index (χ0n) is 8.22. The molecule has 0 bridgehead atoms.